The fraction of sp³-hybridized carbons (Fsp3) is 0.412. The monoisotopic (exact) mass is 328 g/mol. The predicted octanol–water partition coefficient (Wildman–Crippen LogP) is 0.976. The molecule has 126 valence electrons. The Hall–Kier alpha value is -2.70. The van der Waals surface area contributed by atoms with Crippen molar-refractivity contribution >= 4 is 11.7 Å². The molecule has 0 atom stereocenters. The number of amides is 1. The van der Waals surface area contributed by atoms with E-state index in [4.69, 9.17) is 0 Å². The van der Waals surface area contributed by atoms with Gasteiger partial charge in [0.1, 0.15) is 6.54 Å². The summed E-state index contributed by atoms with van der Waals surface area (Å²) in [7, 11) is 0. The molecule has 0 fully saturated rings. The molecule has 1 aliphatic rings. The van der Waals surface area contributed by atoms with Gasteiger partial charge in [-0.2, -0.15) is 5.10 Å². The second-order valence-electron chi connectivity index (χ2n) is 6.17. The number of carbonyl (C=O) groups is 2. The standard InChI is InChI=1S/C17H20N4O3/c1-10-17(12(3)22)11(2)21(19-10)9-16(24)20-5-4-13-6-15(23)18-7-14(13)8-20/h6-7H,4-5,8-9H2,1-3H3,(H,18,23). The molecule has 2 aromatic rings. The summed E-state index contributed by atoms with van der Waals surface area (Å²) in [5, 5.41) is 4.32. The number of fused-ring (bicyclic) bond motifs is 1. The Morgan fingerprint density at radius 1 is 1.29 bits per heavy atom. The van der Waals surface area contributed by atoms with Crippen LogP contribution >= 0.6 is 0 Å². The van der Waals surface area contributed by atoms with Crippen LogP contribution in [0.3, 0.4) is 0 Å². The third kappa shape index (κ3) is 2.89. The maximum Gasteiger partial charge on any atom is 0.248 e. The topological polar surface area (TPSA) is 88.1 Å². The summed E-state index contributed by atoms with van der Waals surface area (Å²) in [6.07, 6.45) is 2.34. The van der Waals surface area contributed by atoms with Crippen molar-refractivity contribution in [3.05, 3.63) is 50.7 Å². The molecule has 3 rings (SSSR count). The lowest BCUT2D eigenvalue weighted by atomic mass is 10.0. The molecule has 7 nitrogen and oxygen atoms in total. The van der Waals surface area contributed by atoms with Gasteiger partial charge in [-0.05, 0) is 38.3 Å². The largest absolute Gasteiger partial charge is 0.336 e. The molecule has 0 aliphatic carbocycles. The Morgan fingerprint density at radius 2 is 2.04 bits per heavy atom. The average Bonchev–Trinajstić information content (AvgIpc) is 2.80. The van der Waals surface area contributed by atoms with Crippen LogP contribution in [-0.2, 0) is 24.3 Å². The van der Waals surface area contributed by atoms with Gasteiger partial charge in [0.15, 0.2) is 5.78 Å². The zero-order valence-electron chi connectivity index (χ0n) is 14.0. The molecule has 1 N–H and O–H groups in total. The second-order valence-corrected chi connectivity index (χ2v) is 6.17. The van der Waals surface area contributed by atoms with Crippen molar-refractivity contribution in [3.8, 4) is 0 Å². The zero-order chi connectivity index (χ0) is 17.4. The first-order valence-electron chi connectivity index (χ1n) is 7.90. The first-order valence-corrected chi connectivity index (χ1v) is 7.90. The molecular weight excluding hydrogens is 308 g/mol. The van der Waals surface area contributed by atoms with E-state index in [1.807, 2.05) is 0 Å². The van der Waals surface area contributed by atoms with Gasteiger partial charge in [0, 0.05) is 31.0 Å². The number of aromatic nitrogens is 3. The van der Waals surface area contributed by atoms with E-state index in [2.05, 4.69) is 10.1 Å². The minimum Gasteiger partial charge on any atom is -0.336 e. The lowest BCUT2D eigenvalue weighted by Crippen LogP contribution is -2.38. The van der Waals surface area contributed by atoms with E-state index in [0.29, 0.717) is 30.8 Å². The Kier molecular flexibility index (Phi) is 4.09. The summed E-state index contributed by atoms with van der Waals surface area (Å²) in [5.74, 6) is -0.0906. The Bertz CT molecular complexity index is 878. The summed E-state index contributed by atoms with van der Waals surface area (Å²) < 4.78 is 1.59. The van der Waals surface area contributed by atoms with E-state index in [-0.39, 0.29) is 23.8 Å². The minimum atomic E-state index is -0.118. The van der Waals surface area contributed by atoms with Crippen LogP contribution in [0.15, 0.2) is 17.1 Å². The summed E-state index contributed by atoms with van der Waals surface area (Å²) >= 11 is 0. The lowest BCUT2D eigenvalue weighted by molar-refractivity contribution is -0.133. The molecule has 3 heterocycles. The molecule has 0 aromatic carbocycles. The van der Waals surface area contributed by atoms with Crippen molar-refractivity contribution in [1.82, 2.24) is 19.7 Å². The number of hydrogen-bond donors (Lipinski definition) is 1. The quantitative estimate of drug-likeness (QED) is 0.851. The van der Waals surface area contributed by atoms with Crippen LogP contribution in [0.25, 0.3) is 0 Å². The number of nitrogens with one attached hydrogen (secondary N) is 1. The number of rotatable bonds is 3. The number of nitrogens with zero attached hydrogens (tertiary/aromatic N) is 3. The van der Waals surface area contributed by atoms with Crippen molar-refractivity contribution in [2.24, 2.45) is 0 Å². The van der Waals surface area contributed by atoms with Gasteiger partial charge >= 0.3 is 0 Å². The highest BCUT2D eigenvalue weighted by Gasteiger charge is 2.23. The van der Waals surface area contributed by atoms with Crippen LogP contribution < -0.4 is 5.56 Å². The number of carbonyl (C=O) groups excluding carboxylic acids is 2. The highest BCUT2D eigenvalue weighted by molar-refractivity contribution is 5.96. The summed E-state index contributed by atoms with van der Waals surface area (Å²) in [4.78, 5) is 40.0. The number of Topliss-reactive ketones (excluding diaryl/α,β-unsaturated/α-hetero) is 1. The number of H-pyrrole nitrogens is 1. The number of hydrogen-bond acceptors (Lipinski definition) is 4. The van der Waals surface area contributed by atoms with Gasteiger partial charge < -0.3 is 9.88 Å². The molecule has 0 saturated heterocycles. The van der Waals surface area contributed by atoms with Crippen LogP contribution in [-0.4, -0.2) is 37.9 Å². The van der Waals surface area contributed by atoms with E-state index in [1.54, 1.807) is 35.7 Å². The lowest BCUT2D eigenvalue weighted by Gasteiger charge is -2.28. The third-order valence-corrected chi connectivity index (χ3v) is 4.49. The smallest absolute Gasteiger partial charge is 0.248 e. The molecule has 0 spiro atoms. The van der Waals surface area contributed by atoms with E-state index in [0.717, 1.165) is 16.8 Å². The van der Waals surface area contributed by atoms with Crippen molar-refractivity contribution in [3.63, 3.8) is 0 Å². The maximum atomic E-state index is 12.6. The average molecular weight is 328 g/mol. The fourth-order valence-electron chi connectivity index (χ4n) is 3.26. The molecule has 0 radical (unpaired) electrons. The van der Waals surface area contributed by atoms with Crippen LogP contribution in [0.4, 0.5) is 0 Å². The fourth-order valence-corrected chi connectivity index (χ4v) is 3.26. The number of pyridine rings is 1. The molecule has 0 bridgehead atoms. The predicted molar refractivity (Wildman–Crippen MR) is 87.9 cm³/mol. The summed E-state index contributed by atoms with van der Waals surface area (Å²) in [6.45, 7) is 6.25. The van der Waals surface area contributed by atoms with Gasteiger partial charge in [-0.15, -0.1) is 0 Å². The molecule has 1 aliphatic heterocycles. The molecule has 0 unspecified atom stereocenters. The van der Waals surface area contributed by atoms with Crippen LogP contribution in [0.1, 0.15) is 39.8 Å². The van der Waals surface area contributed by atoms with Gasteiger partial charge in [0.25, 0.3) is 0 Å². The highest BCUT2D eigenvalue weighted by Crippen LogP contribution is 2.18. The van der Waals surface area contributed by atoms with Crippen molar-refractivity contribution in [2.75, 3.05) is 6.54 Å². The number of aryl methyl sites for hydroxylation is 1. The van der Waals surface area contributed by atoms with Gasteiger partial charge in [0.05, 0.1) is 11.3 Å². The summed E-state index contributed by atoms with van der Waals surface area (Å²) in [5.41, 5.74) is 3.79. The Balaban J connectivity index is 1.77. The van der Waals surface area contributed by atoms with Crippen LogP contribution in [0.5, 0.6) is 0 Å². The van der Waals surface area contributed by atoms with Gasteiger partial charge in [0.2, 0.25) is 11.5 Å². The minimum absolute atomic E-state index is 0.0421. The van der Waals surface area contributed by atoms with Crippen LogP contribution in [0, 0.1) is 13.8 Å². The molecule has 2 aromatic heterocycles. The maximum absolute atomic E-state index is 12.6. The highest BCUT2D eigenvalue weighted by atomic mass is 16.2. The van der Waals surface area contributed by atoms with Crippen molar-refractivity contribution < 1.29 is 9.59 Å². The number of ketones is 1. The zero-order valence-corrected chi connectivity index (χ0v) is 14.0. The molecule has 24 heavy (non-hydrogen) atoms. The van der Waals surface area contributed by atoms with E-state index < -0.39 is 0 Å². The van der Waals surface area contributed by atoms with Gasteiger partial charge in [-0.25, -0.2) is 0 Å². The van der Waals surface area contributed by atoms with Gasteiger partial charge in [-0.1, -0.05) is 0 Å². The summed E-state index contributed by atoms with van der Waals surface area (Å²) in [6, 6.07) is 1.59. The van der Waals surface area contributed by atoms with E-state index in [9.17, 15) is 14.4 Å². The molecular formula is C17H20N4O3. The van der Waals surface area contributed by atoms with Crippen LogP contribution in [0.2, 0.25) is 0 Å². The first kappa shape index (κ1) is 16.2. The Morgan fingerprint density at radius 3 is 2.71 bits per heavy atom. The second kappa shape index (κ2) is 6.07. The van der Waals surface area contributed by atoms with Gasteiger partial charge in [-0.3, -0.25) is 19.1 Å². The Labute approximate surface area is 139 Å². The third-order valence-electron chi connectivity index (χ3n) is 4.49. The molecule has 1 amide bonds. The van der Waals surface area contributed by atoms with Crippen molar-refractivity contribution in [1.29, 1.82) is 0 Å². The van der Waals surface area contributed by atoms with E-state index in [1.165, 1.54) is 6.92 Å². The number of aromatic amines is 1. The molecule has 7 heteroatoms. The normalized spacial score (nSPS) is 13.7. The molecule has 0 saturated carbocycles. The van der Waals surface area contributed by atoms with Crippen molar-refractivity contribution in [2.45, 2.75) is 40.3 Å². The van der Waals surface area contributed by atoms with E-state index >= 15 is 0 Å². The first-order chi connectivity index (χ1) is 11.4. The SMILES string of the molecule is CC(=O)c1c(C)nn(CC(=O)N2CCc3cc(=O)[nH]cc3C2)c1C.